The number of hydrogen-bond donors (Lipinski definition) is 3. The van der Waals surface area contributed by atoms with E-state index in [2.05, 4.69) is 28.8 Å². The van der Waals surface area contributed by atoms with Crippen molar-refractivity contribution in [2.75, 3.05) is 11.9 Å². The first-order chi connectivity index (χ1) is 13.0. The molecule has 0 spiro atoms. The zero-order valence-electron chi connectivity index (χ0n) is 15.2. The maximum absolute atomic E-state index is 12.3. The summed E-state index contributed by atoms with van der Waals surface area (Å²) in [6, 6.07) is 14.4. The van der Waals surface area contributed by atoms with Crippen molar-refractivity contribution in [2.24, 2.45) is 0 Å². The molecule has 138 valence electrons. The van der Waals surface area contributed by atoms with Crippen LogP contribution in [0.4, 0.5) is 5.69 Å². The summed E-state index contributed by atoms with van der Waals surface area (Å²) in [5.74, 6) is -1.24. The van der Waals surface area contributed by atoms with Gasteiger partial charge in [0.2, 0.25) is 5.91 Å². The van der Waals surface area contributed by atoms with E-state index in [1.165, 1.54) is 28.8 Å². The zero-order chi connectivity index (χ0) is 19.2. The Hall–Kier alpha value is -3.18. The Kier molecular flexibility index (Phi) is 5.84. The minimum Gasteiger partial charge on any atom is -0.478 e. The summed E-state index contributed by atoms with van der Waals surface area (Å²) in [5, 5.41) is 15.1. The highest BCUT2D eigenvalue weighted by atomic mass is 16.4. The quantitative estimate of drug-likeness (QED) is 0.722. The third kappa shape index (κ3) is 4.92. The molecule has 0 saturated heterocycles. The molecular weight excluding hydrogens is 340 g/mol. The van der Waals surface area contributed by atoms with E-state index in [0.717, 1.165) is 25.1 Å². The fourth-order valence-corrected chi connectivity index (χ4v) is 3.12. The number of carboxylic acids is 1. The average Bonchev–Trinajstić information content (AvgIpc) is 2.84. The van der Waals surface area contributed by atoms with Crippen LogP contribution >= 0.6 is 0 Å². The Balaban J connectivity index is 1.74. The minimum absolute atomic E-state index is 0.185. The Bertz CT molecular complexity index is 911. The number of aromatic carboxylic acids is 1. The molecule has 3 rings (SSSR count). The summed E-state index contributed by atoms with van der Waals surface area (Å²) < 4.78 is 0. The number of carbonyl (C=O) groups is 2. The van der Waals surface area contributed by atoms with Gasteiger partial charge in [0.15, 0.2) is 0 Å². The van der Waals surface area contributed by atoms with Crippen molar-refractivity contribution in [2.45, 2.75) is 19.9 Å². The van der Waals surface area contributed by atoms with Crippen LogP contribution in [0.15, 0.2) is 66.3 Å². The fourth-order valence-electron chi connectivity index (χ4n) is 3.12. The monoisotopic (exact) mass is 362 g/mol. The van der Waals surface area contributed by atoms with Gasteiger partial charge < -0.3 is 15.7 Å². The molecular formula is C22H22N2O3. The topological polar surface area (TPSA) is 78.4 Å². The first-order valence-electron chi connectivity index (χ1n) is 8.85. The minimum atomic E-state index is -0.992. The van der Waals surface area contributed by atoms with Gasteiger partial charge in [0, 0.05) is 18.3 Å². The van der Waals surface area contributed by atoms with Crippen LogP contribution in [-0.2, 0) is 11.3 Å². The van der Waals surface area contributed by atoms with Gasteiger partial charge in [-0.1, -0.05) is 30.3 Å². The van der Waals surface area contributed by atoms with Gasteiger partial charge in [-0.25, -0.2) is 4.79 Å². The lowest BCUT2D eigenvalue weighted by Gasteiger charge is -2.08. The predicted molar refractivity (Wildman–Crippen MR) is 107 cm³/mol. The van der Waals surface area contributed by atoms with E-state index in [0.29, 0.717) is 5.69 Å². The van der Waals surface area contributed by atoms with E-state index in [1.807, 2.05) is 19.1 Å². The van der Waals surface area contributed by atoms with Crippen molar-refractivity contribution < 1.29 is 14.7 Å². The van der Waals surface area contributed by atoms with E-state index in [-0.39, 0.29) is 11.5 Å². The third-order valence-electron chi connectivity index (χ3n) is 4.41. The van der Waals surface area contributed by atoms with Crippen molar-refractivity contribution in [3.05, 3.63) is 82.9 Å². The highest BCUT2D eigenvalue weighted by molar-refractivity contribution is 6.00. The predicted octanol–water partition coefficient (Wildman–Crippen LogP) is 3.85. The molecule has 0 radical (unpaired) electrons. The number of benzene rings is 2. The van der Waals surface area contributed by atoms with E-state index >= 15 is 0 Å². The molecule has 1 heterocycles. The highest BCUT2D eigenvalue weighted by Crippen LogP contribution is 2.25. The van der Waals surface area contributed by atoms with Crippen LogP contribution in [-0.4, -0.2) is 23.5 Å². The molecule has 5 heteroatoms. The SMILES string of the molecule is CC(=C\C(=O)Nc1ccc(C(=O)O)cc1)/C=C1\CCNCc2ccccc21. The van der Waals surface area contributed by atoms with Gasteiger partial charge in [-0.05, 0) is 66.4 Å². The first kappa shape index (κ1) is 18.6. The van der Waals surface area contributed by atoms with Crippen LogP contribution in [0.2, 0.25) is 0 Å². The normalized spacial score (nSPS) is 15.7. The van der Waals surface area contributed by atoms with Crippen LogP contribution in [0.1, 0.15) is 34.8 Å². The van der Waals surface area contributed by atoms with E-state index in [4.69, 9.17) is 5.11 Å². The second-order valence-corrected chi connectivity index (χ2v) is 6.51. The number of fused-ring (bicyclic) bond motifs is 1. The zero-order valence-corrected chi connectivity index (χ0v) is 15.2. The number of nitrogens with one attached hydrogen (secondary N) is 2. The molecule has 0 unspecified atom stereocenters. The molecule has 0 saturated carbocycles. The summed E-state index contributed by atoms with van der Waals surface area (Å²) in [7, 11) is 0. The molecule has 2 aromatic rings. The molecule has 2 aromatic carbocycles. The second-order valence-electron chi connectivity index (χ2n) is 6.51. The molecule has 0 aliphatic carbocycles. The molecule has 5 nitrogen and oxygen atoms in total. The molecule has 27 heavy (non-hydrogen) atoms. The lowest BCUT2D eigenvalue weighted by Crippen LogP contribution is -2.11. The van der Waals surface area contributed by atoms with Gasteiger partial charge in [-0.2, -0.15) is 0 Å². The molecule has 0 aromatic heterocycles. The summed E-state index contributed by atoms with van der Waals surface area (Å²) in [5.41, 5.74) is 5.30. The van der Waals surface area contributed by atoms with Gasteiger partial charge in [-0.3, -0.25) is 4.79 Å². The third-order valence-corrected chi connectivity index (χ3v) is 4.41. The molecule has 1 amide bonds. The lowest BCUT2D eigenvalue weighted by atomic mass is 9.97. The van der Waals surface area contributed by atoms with Crippen molar-refractivity contribution in [1.29, 1.82) is 0 Å². The first-order valence-corrected chi connectivity index (χ1v) is 8.85. The van der Waals surface area contributed by atoms with Crippen LogP contribution in [0.25, 0.3) is 5.57 Å². The number of rotatable bonds is 4. The fraction of sp³-hybridized carbons (Fsp3) is 0.182. The van der Waals surface area contributed by atoms with E-state index in [9.17, 15) is 9.59 Å². The van der Waals surface area contributed by atoms with Gasteiger partial charge in [-0.15, -0.1) is 0 Å². The number of carbonyl (C=O) groups excluding carboxylic acids is 1. The smallest absolute Gasteiger partial charge is 0.335 e. The number of allylic oxidation sites excluding steroid dienone is 2. The van der Waals surface area contributed by atoms with Crippen molar-refractivity contribution in [1.82, 2.24) is 5.32 Å². The Morgan fingerprint density at radius 1 is 1.11 bits per heavy atom. The van der Waals surface area contributed by atoms with Gasteiger partial charge >= 0.3 is 5.97 Å². The number of carboxylic acid groups (broad SMARTS) is 1. The number of anilines is 1. The van der Waals surface area contributed by atoms with Gasteiger partial charge in [0.1, 0.15) is 0 Å². The van der Waals surface area contributed by atoms with Crippen LogP contribution in [0.3, 0.4) is 0 Å². The molecule has 0 fully saturated rings. The Morgan fingerprint density at radius 2 is 1.85 bits per heavy atom. The maximum Gasteiger partial charge on any atom is 0.335 e. The number of amides is 1. The van der Waals surface area contributed by atoms with Gasteiger partial charge in [0.05, 0.1) is 5.56 Å². The van der Waals surface area contributed by atoms with Crippen LogP contribution in [0.5, 0.6) is 0 Å². The summed E-state index contributed by atoms with van der Waals surface area (Å²) in [6.07, 6.45) is 4.51. The molecule has 1 aliphatic rings. The molecule has 0 bridgehead atoms. The van der Waals surface area contributed by atoms with Crippen molar-refractivity contribution in [3.8, 4) is 0 Å². The van der Waals surface area contributed by atoms with Crippen molar-refractivity contribution in [3.63, 3.8) is 0 Å². The largest absolute Gasteiger partial charge is 0.478 e. The molecule has 3 N–H and O–H groups in total. The summed E-state index contributed by atoms with van der Waals surface area (Å²) >= 11 is 0. The molecule has 0 atom stereocenters. The van der Waals surface area contributed by atoms with E-state index in [1.54, 1.807) is 18.2 Å². The Labute approximate surface area is 158 Å². The van der Waals surface area contributed by atoms with E-state index < -0.39 is 5.97 Å². The van der Waals surface area contributed by atoms with Crippen LogP contribution < -0.4 is 10.6 Å². The highest BCUT2D eigenvalue weighted by Gasteiger charge is 2.11. The second kappa shape index (κ2) is 8.47. The summed E-state index contributed by atoms with van der Waals surface area (Å²) in [4.78, 5) is 23.1. The lowest BCUT2D eigenvalue weighted by molar-refractivity contribution is -0.111. The number of hydrogen-bond acceptors (Lipinski definition) is 3. The molecule has 1 aliphatic heterocycles. The average molecular weight is 362 g/mol. The summed E-state index contributed by atoms with van der Waals surface area (Å²) in [6.45, 7) is 3.65. The van der Waals surface area contributed by atoms with Crippen LogP contribution in [0, 0.1) is 0 Å². The van der Waals surface area contributed by atoms with Crippen molar-refractivity contribution >= 4 is 23.1 Å². The van der Waals surface area contributed by atoms with Gasteiger partial charge in [0.25, 0.3) is 0 Å². The maximum atomic E-state index is 12.3. The Morgan fingerprint density at radius 3 is 2.59 bits per heavy atom. The standard InChI is InChI=1S/C22H22N2O3/c1-15(12-17-10-11-23-14-18-4-2-3-5-20(17)18)13-21(25)24-19-8-6-16(7-9-19)22(26)27/h2-9,12-13,23H,10-11,14H2,1H3,(H,24,25)(H,26,27)/b15-13+,17-12+.